The first-order valence-corrected chi connectivity index (χ1v) is 20.3. The van der Waals surface area contributed by atoms with Gasteiger partial charge in [-0.25, -0.2) is 13.6 Å². The van der Waals surface area contributed by atoms with Gasteiger partial charge in [-0.05, 0) is 69.3 Å². The van der Waals surface area contributed by atoms with Crippen molar-refractivity contribution in [1.82, 2.24) is 30.6 Å². The van der Waals surface area contributed by atoms with Crippen molar-refractivity contribution in [1.29, 1.82) is 0 Å². The molecule has 0 radical (unpaired) electrons. The molecule has 8 rings (SSSR count). The molecule has 0 atom stereocenters. The summed E-state index contributed by atoms with van der Waals surface area (Å²) in [7, 11) is 0. The number of rotatable bonds is 12. The SMILES string of the molecule is CC(C)(C)OC(=O)N1CC(C(=O)N(Cc2ccc(-c3nnc(C(F)F)o3)cc2F)c2ccccc2)C1.Cl.O=C(C1CNC1)N(Cc1ccc(-c2nnc(C(F)F)o2)cc1F)c1ccccc1. The number of amides is 3. The van der Waals surface area contributed by atoms with Gasteiger partial charge in [0, 0.05) is 59.8 Å². The van der Waals surface area contributed by atoms with E-state index in [-0.39, 0.29) is 90.4 Å². The number of ether oxygens (including phenoxy) is 1. The Morgan fingerprint density at radius 2 is 1.11 bits per heavy atom. The number of para-hydroxylation sites is 2. The van der Waals surface area contributed by atoms with E-state index in [2.05, 4.69) is 25.7 Å². The molecule has 4 heterocycles. The molecule has 348 valence electrons. The average Bonchev–Trinajstić information content (AvgIpc) is 3.94. The van der Waals surface area contributed by atoms with Crippen LogP contribution < -0.4 is 15.1 Å². The third-order valence-corrected chi connectivity index (χ3v) is 10.2. The molecule has 4 aromatic carbocycles. The molecule has 2 saturated heterocycles. The van der Waals surface area contributed by atoms with E-state index in [4.69, 9.17) is 13.6 Å². The Hall–Kier alpha value is -6.80. The van der Waals surface area contributed by atoms with Gasteiger partial charge in [-0.3, -0.25) is 9.59 Å². The molecule has 2 aromatic heterocycles. The fraction of sp³-hybridized carbons (Fsp3) is 0.311. The van der Waals surface area contributed by atoms with Crippen LogP contribution in [0.2, 0.25) is 0 Å². The van der Waals surface area contributed by atoms with Crippen molar-refractivity contribution in [3.63, 3.8) is 0 Å². The number of likely N-dealkylation sites (tertiary alicyclic amines) is 1. The number of hydrogen-bond donors (Lipinski definition) is 1. The van der Waals surface area contributed by atoms with Crippen molar-refractivity contribution in [3.05, 3.63) is 132 Å². The van der Waals surface area contributed by atoms with Gasteiger partial charge in [-0.2, -0.15) is 17.6 Å². The number of anilines is 2. The van der Waals surface area contributed by atoms with Crippen molar-refractivity contribution in [2.24, 2.45) is 11.8 Å². The van der Waals surface area contributed by atoms with E-state index >= 15 is 4.39 Å². The number of nitrogens with one attached hydrogen (secondary N) is 1. The van der Waals surface area contributed by atoms with Crippen LogP contribution in [-0.2, 0) is 27.4 Å². The van der Waals surface area contributed by atoms with E-state index in [0.29, 0.717) is 24.5 Å². The van der Waals surface area contributed by atoms with E-state index in [0.717, 1.165) is 12.1 Å². The summed E-state index contributed by atoms with van der Waals surface area (Å²) in [4.78, 5) is 42.9. The first-order chi connectivity index (χ1) is 31.0. The Bertz CT molecular complexity index is 2610. The average molecular weight is 941 g/mol. The number of carbonyl (C=O) groups excluding carboxylic acids is 3. The Balaban J connectivity index is 0.000000220. The normalized spacial score (nSPS) is 13.8. The van der Waals surface area contributed by atoms with Crippen LogP contribution in [0.4, 0.5) is 42.5 Å². The zero-order valence-electron chi connectivity index (χ0n) is 35.5. The van der Waals surface area contributed by atoms with Crippen LogP contribution in [0.5, 0.6) is 0 Å². The quantitative estimate of drug-likeness (QED) is 0.117. The minimum Gasteiger partial charge on any atom is -0.444 e. The topological polar surface area (TPSA) is 160 Å². The Labute approximate surface area is 380 Å². The standard InChI is InChI=1S/C25H25F3N4O4.C20H17F3N4O2.ClH/c1-25(2,3)36-24(34)31-12-17(13-31)23(33)32(18-7-5-4-6-8-18)14-16-10-9-15(11-19(16)26)21-29-30-22(35-21)20(27)28;21-16-8-12(18-25-26-19(29-18)17(22)23)6-7-13(16)11-27(15-4-2-1-3-5-15)20(28)14-9-24-10-14;/h4-11,17,20H,12-14H2,1-3H3;1-8,14,17,24H,9-11H2;1H. The van der Waals surface area contributed by atoms with Gasteiger partial charge in [-0.1, -0.05) is 48.5 Å². The number of hydrogen-bond acceptors (Lipinski definition) is 11. The van der Waals surface area contributed by atoms with Gasteiger partial charge in [0.15, 0.2) is 0 Å². The zero-order valence-corrected chi connectivity index (χ0v) is 36.4. The van der Waals surface area contributed by atoms with Crippen LogP contribution in [0.15, 0.2) is 106 Å². The summed E-state index contributed by atoms with van der Waals surface area (Å²) < 4.78 is 95.5. The summed E-state index contributed by atoms with van der Waals surface area (Å²) in [6.07, 6.45) is -6.32. The maximum absolute atomic E-state index is 15.0. The molecular formula is C45H43ClF6N8O6. The molecule has 0 bridgehead atoms. The van der Waals surface area contributed by atoms with E-state index < -0.39 is 53.9 Å². The van der Waals surface area contributed by atoms with Gasteiger partial charge in [0.05, 0.1) is 24.9 Å². The molecule has 3 amide bonds. The summed E-state index contributed by atoms with van der Waals surface area (Å²) in [5.41, 5.74) is 1.41. The second-order valence-corrected chi connectivity index (χ2v) is 16.1. The van der Waals surface area contributed by atoms with Crippen LogP contribution in [-0.4, -0.2) is 75.0 Å². The van der Waals surface area contributed by atoms with Gasteiger partial charge >= 0.3 is 18.9 Å². The van der Waals surface area contributed by atoms with Gasteiger partial charge < -0.3 is 33.6 Å². The highest BCUT2D eigenvalue weighted by Crippen LogP contribution is 2.30. The third-order valence-electron chi connectivity index (χ3n) is 10.2. The summed E-state index contributed by atoms with van der Waals surface area (Å²) in [6, 6.07) is 26.0. The van der Waals surface area contributed by atoms with Crippen LogP contribution >= 0.6 is 12.4 Å². The molecule has 0 saturated carbocycles. The van der Waals surface area contributed by atoms with E-state index in [9.17, 15) is 36.3 Å². The largest absolute Gasteiger partial charge is 0.444 e. The van der Waals surface area contributed by atoms with E-state index in [1.165, 1.54) is 34.1 Å². The lowest BCUT2D eigenvalue weighted by atomic mass is 9.98. The molecule has 2 fully saturated rings. The number of benzene rings is 4. The predicted octanol–water partition coefficient (Wildman–Crippen LogP) is 9.20. The van der Waals surface area contributed by atoms with Crippen LogP contribution in [0.25, 0.3) is 22.9 Å². The van der Waals surface area contributed by atoms with Gasteiger partial charge in [-0.15, -0.1) is 32.8 Å². The van der Waals surface area contributed by atoms with Gasteiger partial charge in [0.2, 0.25) is 23.6 Å². The van der Waals surface area contributed by atoms with E-state index in [1.807, 2.05) is 18.2 Å². The van der Waals surface area contributed by atoms with Crippen molar-refractivity contribution >= 4 is 41.7 Å². The summed E-state index contributed by atoms with van der Waals surface area (Å²) in [5, 5.41) is 16.6. The monoisotopic (exact) mass is 940 g/mol. The van der Waals surface area contributed by atoms with Gasteiger partial charge in [0.1, 0.15) is 17.2 Å². The van der Waals surface area contributed by atoms with Crippen LogP contribution in [0.3, 0.4) is 0 Å². The van der Waals surface area contributed by atoms with Crippen LogP contribution in [0, 0.1) is 23.5 Å². The molecule has 0 unspecified atom stereocenters. The van der Waals surface area contributed by atoms with Crippen molar-refractivity contribution in [3.8, 4) is 22.9 Å². The van der Waals surface area contributed by atoms with E-state index in [1.54, 1.807) is 68.1 Å². The number of alkyl halides is 4. The maximum Gasteiger partial charge on any atom is 0.410 e. The number of nitrogens with zero attached hydrogens (tertiary/aromatic N) is 7. The first kappa shape index (κ1) is 48.7. The van der Waals surface area contributed by atoms with Crippen molar-refractivity contribution in [2.75, 3.05) is 36.0 Å². The smallest absolute Gasteiger partial charge is 0.410 e. The first-order valence-electron chi connectivity index (χ1n) is 20.3. The highest BCUT2D eigenvalue weighted by atomic mass is 35.5. The summed E-state index contributed by atoms with van der Waals surface area (Å²) in [5.74, 6) is -4.32. The highest BCUT2D eigenvalue weighted by Gasteiger charge is 2.40. The second-order valence-electron chi connectivity index (χ2n) is 16.1. The lowest BCUT2D eigenvalue weighted by Gasteiger charge is -2.41. The molecule has 0 aliphatic carbocycles. The molecule has 2 aliphatic rings. The minimum atomic E-state index is -2.93. The summed E-state index contributed by atoms with van der Waals surface area (Å²) >= 11 is 0. The van der Waals surface area contributed by atoms with Crippen LogP contribution in [0.1, 0.15) is 56.5 Å². The molecule has 66 heavy (non-hydrogen) atoms. The molecule has 14 nitrogen and oxygen atoms in total. The van der Waals surface area contributed by atoms with Gasteiger partial charge in [0.25, 0.3) is 11.8 Å². The summed E-state index contributed by atoms with van der Waals surface area (Å²) in [6.45, 7) is 6.83. The zero-order chi connectivity index (χ0) is 46.4. The Morgan fingerprint density at radius 1 is 0.682 bits per heavy atom. The Morgan fingerprint density at radius 3 is 1.45 bits per heavy atom. The Kier molecular flexibility index (Phi) is 15.5. The molecular weight excluding hydrogens is 898 g/mol. The lowest BCUT2D eigenvalue weighted by Crippen LogP contribution is -2.57. The number of aromatic nitrogens is 4. The minimum absolute atomic E-state index is 0. The highest BCUT2D eigenvalue weighted by molar-refractivity contribution is 5.97. The molecule has 6 aromatic rings. The number of halogens is 7. The maximum atomic E-state index is 15.0. The number of carbonyl (C=O) groups is 3. The molecule has 2 aliphatic heterocycles. The fourth-order valence-electron chi connectivity index (χ4n) is 6.66. The second kappa shape index (κ2) is 21.0. The third kappa shape index (κ3) is 11.7. The lowest BCUT2D eigenvalue weighted by molar-refractivity contribution is -0.127. The predicted molar refractivity (Wildman–Crippen MR) is 229 cm³/mol. The molecule has 21 heteroatoms. The fourth-order valence-corrected chi connectivity index (χ4v) is 6.66. The van der Waals surface area contributed by atoms with Crippen molar-refractivity contribution in [2.45, 2.75) is 52.3 Å². The molecule has 1 N–H and O–H groups in total. The van der Waals surface area contributed by atoms with Crippen molar-refractivity contribution < 1.29 is 54.3 Å². The molecule has 0 spiro atoms.